The zero-order chi connectivity index (χ0) is 0. The molecule has 0 fully saturated rings. The van der Waals surface area contributed by atoms with Gasteiger partial charge in [0.2, 0.25) is 0 Å². The molecule has 0 aliphatic carbocycles. The summed E-state index contributed by atoms with van der Waals surface area (Å²) >= 11 is 0. The van der Waals surface area contributed by atoms with Crippen molar-refractivity contribution >= 4 is 76.2 Å². The molecule has 0 saturated carbocycles. The molecule has 0 aromatic carbocycles. The van der Waals surface area contributed by atoms with Gasteiger partial charge in [-0.2, -0.15) is 0 Å². The Hall–Kier alpha value is 1.63. The lowest BCUT2D eigenvalue weighted by molar-refractivity contribution is 5.75. The van der Waals surface area contributed by atoms with E-state index in [1.807, 2.05) is 0 Å². The maximum Gasteiger partial charge on any atom is 0.0814 e. The summed E-state index contributed by atoms with van der Waals surface area (Å²) < 4.78 is 0. The predicted octanol–water partition coefficient (Wildman–Crippen LogP) is -1.82. The fourth-order valence-corrected chi connectivity index (χ4v) is 0. The van der Waals surface area contributed by atoms with Crippen LogP contribution in [-0.2, 0) is 0 Å². The molecule has 0 spiro atoms. The summed E-state index contributed by atoms with van der Waals surface area (Å²) in [6, 6.07) is 0. The second kappa shape index (κ2) is 78.8. The highest BCUT2D eigenvalue weighted by molar-refractivity contribution is 8.93. The number of hydrogen-bond acceptors (Lipinski definition) is 0. The first kappa shape index (κ1) is 126. The minimum absolute atomic E-state index is 0. The first-order valence-electron chi connectivity index (χ1n) is 0. The largest absolute Gasteiger partial charge is 0.114 e. The summed E-state index contributed by atoms with van der Waals surface area (Å²) in [5.74, 6) is 0. The van der Waals surface area contributed by atoms with E-state index in [1.165, 1.54) is 0 Å². The molecule has 0 bridgehead atoms. The maximum absolute atomic E-state index is 0. The Morgan fingerprint density at radius 2 is 0.333 bits per heavy atom. The molecule has 6 heavy (non-hydrogen) atoms. The lowest BCUT2D eigenvalue weighted by atomic mass is 10.8. The van der Waals surface area contributed by atoms with Gasteiger partial charge >= 0.3 is 0 Å². The Kier molecular flexibility index (Phi) is 1650. The lowest BCUT2D eigenvalue weighted by Crippen LogP contribution is -0.382. The van der Waals surface area contributed by atoms with Gasteiger partial charge in [0.05, 0.1) is 25.2 Å². The van der Waals surface area contributed by atoms with Crippen LogP contribution in [0.15, 0.2) is 0 Å². The fraction of sp³-hybridized carbons (Fsp3) is 0. The highest BCUT2D eigenvalue weighted by Crippen LogP contribution is 0.848. The Balaban J connectivity index is 0. The monoisotopic (exact) mass is 282 g/mol. The molecule has 0 aromatic heterocycles. The molecule has 0 atom stereocenters. The SMILES string of the molecule is B.B.B.Br.Br.Br. The number of hydrogen-bond donors (Lipinski definition) is 0. The van der Waals surface area contributed by atoms with E-state index < -0.39 is 0 Å². The van der Waals surface area contributed by atoms with E-state index in [4.69, 9.17) is 0 Å². The second-order valence-corrected chi connectivity index (χ2v) is 0. The van der Waals surface area contributed by atoms with Crippen molar-refractivity contribution in [2.45, 2.75) is 0 Å². The van der Waals surface area contributed by atoms with E-state index in [0.29, 0.717) is 0 Å². The van der Waals surface area contributed by atoms with Crippen LogP contribution in [0.25, 0.3) is 0 Å². The van der Waals surface area contributed by atoms with E-state index in [-0.39, 0.29) is 76.2 Å². The smallest absolute Gasteiger partial charge is 0.0814 e. The molecule has 0 unspecified atom stereocenters. The van der Waals surface area contributed by atoms with Gasteiger partial charge in [0, 0.05) is 0 Å². The van der Waals surface area contributed by atoms with Gasteiger partial charge in [-0.25, -0.2) is 0 Å². The van der Waals surface area contributed by atoms with Gasteiger partial charge in [-0.3, -0.25) is 0 Å². The minimum Gasteiger partial charge on any atom is -0.114 e. The molecule has 0 rings (SSSR count). The summed E-state index contributed by atoms with van der Waals surface area (Å²) in [6.07, 6.45) is 0. The quantitative estimate of drug-likeness (QED) is 0.460. The highest BCUT2D eigenvalue weighted by atomic mass is 79.9. The summed E-state index contributed by atoms with van der Waals surface area (Å²) in [4.78, 5) is 0. The van der Waals surface area contributed by atoms with E-state index in [1.54, 1.807) is 0 Å². The molecule has 0 heterocycles. The van der Waals surface area contributed by atoms with Crippen LogP contribution in [0.2, 0.25) is 0 Å². The van der Waals surface area contributed by atoms with Crippen LogP contribution in [-0.4, -0.2) is 25.2 Å². The third-order valence-electron chi connectivity index (χ3n) is 0. The Morgan fingerprint density at radius 3 is 0.333 bits per heavy atom. The molecule has 6 heteroatoms. The Labute approximate surface area is 75.9 Å². The molecule has 0 nitrogen and oxygen atoms in total. The van der Waals surface area contributed by atoms with Crippen molar-refractivity contribution in [2.24, 2.45) is 0 Å². The zero-order valence-electron chi connectivity index (χ0n) is 1.22. The normalized spacial score (nSPS) is 0. The molecule has 0 amide bonds. The molecule has 0 saturated heterocycles. The maximum atomic E-state index is 0. The van der Waals surface area contributed by atoms with Gasteiger partial charge in [0.25, 0.3) is 0 Å². The van der Waals surface area contributed by atoms with Crippen LogP contribution in [0.3, 0.4) is 0 Å². The van der Waals surface area contributed by atoms with Crippen molar-refractivity contribution in [1.29, 1.82) is 0 Å². The first-order valence-corrected chi connectivity index (χ1v) is 0. The van der Waals surface area contributed by atoms with E-state index in [9.17, 15) is 0 Å². The zero-order valence-corrected chi connectivity index (χ0v) is 6.36. The van der Waals surface area contributed by atoms with Crippen LogP contribution in [0, 0.1) is 0 Å². The van der Waals surface area contributed by atoms with E-state index >= 15 is 0 Å². The average Bonchev–Trinajstić information content (AvgIpc) is 0. The van der Waals surface area contributed by atoms with E-state index in [2.05, 4.69) is 0 Å². The molecular weight excluding hydrogens is 272 g/mol. The van der Waals surface area contributed by atoms with Gasteiger partial charge < -0.3 is 0 Å². The third-order valence-corrected chi connectivity index (χ3v) is 0. The first-order chi connectivity index (χ1) is 0. The fourth-order valence-electron chi connectivity index (χ4n) is 0. The van der Waals surface area contributed by atoms with Crippen LogP contribution >= 0.6 is 50.9 Å². The lowest BCUT2D eigenvalue weighted by Gasteiger charge is -0.115. The van der Waals surface area contributed by atoms with Gasteiger partial charge in [-0.1, -0.05) is 0 Å². The topological polar surface area (TPSA) is 0 Å². The number of halogens is 3. The number of rotatable bonds is 0. The summed E-state index contributed by atoms with van der Waals surface area (Å²) in [5, 5.41) is 0. The Bertz CT molecular complexity index is 6.00. The van der Waals surface area contributed by atoms with Gasteiger partial charge in [-0.05, 0) is 0 Å². The van der Waals surface area contributed by atoms with Crippen molar-refractivity contribution in [3.63, 3.8) is 0 Å². The molecule has 0 aliphatic heterocycles. The van der Waals surface area contributed by atoms with Crippen molar-refractivity contribution in [2.75, 3.05) is 0 Å². The standard InChI is InChI=1S/3BH3.3BrH/h3*1H3;3*1H. The van der Waals surface area contributed by atoms with Gasteiger partial charge in [-0.15, -0.1) is 50.9 Å². The van der Waals surface area contributed by atoms with Crippen LogP contribution in [0.5, 0.6) is 0 Å². The highest BCUT2D eigenvalue weighted by Gasteiger charge is 0.0835. The van der Waals surface area contributed by atoms with E-state index in [0.717, 1.165) is 0 Å². The Morgan fingerprint density at radius 1 is 0.333 bits per heavy atom. The van der Waals surface area contributed by atoms with Crippen LogP contribution in [0.4, 0.5) is 0 Å². The molecular formula is H12B3Br3. The van der Waals surface area contributed by atoms with Crippen molar-refractivity contribution in [1.82, 2.24) is 0 Å². The average molecular weight is 284 g/mol. The molecule has 0 aromatic rings. The van der Waals surface area contributed by atoms with Crippen LogP contribution in [0.1, 0.15) is 0 Å². The van der Waals surface area contributed by atoms with Crippen molar-refractivity contribution < 1.29 is 0 Å². The van der Waals surface area contributed by atoms with Crippen molar-refractivity contribution in [3.05, 3.63) is 0 Å². The minimum atomic E-state index is 0. The third kappa shape index (κ3) is 45.3. The van der Waals surface area contributed by atoms with Crippen molar-refractivity contribution in [3.8, 4) is 0 Å². The molecule has 0 radical (unpaired) electrons. The summed E-state index contributed by atoms with van der Waals surface area (Å²) in [5.41, 5.74) is 0. The summed E-state index contributed by atoms with van der Waals surface area (Å²) in [6.45, 7) is 0. The predicted molar refractivity (Wildman–Crippen MR) is 60.8 cm³/mol. The molecule has 0 aliphatic rings. The van der Waals surface area contributed by atoms with Crippen LogP contribution < -0.4 is 0 Å². The van der Waals surface area contributed by atoms with Gasteiger partial charge in [0.15, 0.2) is 0 Å². The molecule has 42 valence electrons. The second-order valence-electron chi connectivity index (χ2n) is 0. The van der Waals surface area contributed by atoms with Gasteiger partial charge in [0.1, 0.15) is 0 Å². The summed E-state index contributed by atoms with van der Waals surface area (Å²) in [7, 11) is 0. The molecule has 0 N–H and O–H groups in total.